The number of carbonyl (C=O) groups excluding carboxylic acids is 1. The summed E-state index contributed by atoms with van der Waals surface area (Å²) in [6.07, 6.45) is 3.75. The molecule has 0 atom stereocenters. The molecule has 3 rings (SSSR count). The monoisotopic (exact) mass is 250 g/mol. The summed E-state index contributed by atoms with van der Waals surface area (Å²) in [5.41, 5.74) is 2.09. The van der Waals surface area contributed by atoms with Gasteiger partial charge < -0.3 is 0 Å². The van der Waals surface area contributed by atoms with Crippen LogP contribution >= 0.6 is 0 Å². The molecule has 1 heteroatoms. The van der Waals surface area contributed by atoms with Crippen LogP contribution in [0.25, 0.3) is 16.3 Å². The molecule has 96 valence electrons. The third-order valence-electron chi connectivity index (χ3n) is 3.91. The number of rotatable bonds is 1. The molecular formula is C18H18O. The van der Waals surface area contributed by atoms with Crippen molar-refractivity contribution < 1.29 is 4.79 Å². The highest BCUT2D eigenvalue weighted by Crippen LogP contribution is 2.37. The second-order valence-electron chi connectivity index (χ2n) is 6.00. The fraction of sp³-hybridized carbons (Fsp3) is 0.278. The Hall–Kier alpha value is -1.89. The van der Waals surface area contributed by atoms with Crippen LogP contribution in [0.15, 0.2) is 48.5 Å². The molecule has 19 heavy (non-hydrogen) atoms. The van der Waals surface area contributed by atoms with Gasteiger partial charge in [0.25, 0.3) is 0 Å². The maximum Gasteiger partial charge on any atom is 0.163 e. The van der Waals surface area contributed by atoms with E-state index in [9.17, 15) is 4.79 Å². The largest absolute Gasteiger partial charge is 0.294 e. The Morgan fingerprint density at radius 1 is 1.00 bits per heavy atom. The molecule has 0 unspecified atom stereocenters. The van der Waals surface area contributed by atoms with Crippen molar-refractivity contribution >= 4 is 22.1 Å². The first-order valence-electron chi connectivity index (χ1n) is 6.81. The summed E-state index contributed by atoms with van der Waals surface area (Å²) in [6.45, 7) is 4.40. The van der Waals surface area contributed by atoms with Crippen LogP contribution in [0.5, 0.6) is 0 Å². The van der Waals surface area contributed by atoms with Gasteiger partial charge in [-0.1, -0.05) is 62.4 Å². The predicted molar refractivity (Wildman–Crippen MR) is 79.9 cm³/mol. The van der Waals surface area contributed by atoms with Gasteiger partial charge in [0.05, 0.1) is 0 Å². The molecule has 1 aliphatic rings. The van der Waals surface area contributed by atoms with Gasteiger partial charge in [-0.15, -0.1) is 0 Å². The van der Waals surface area contributed by atoms with E-state index in [2.05, 4.69) is 44.2 Å². The Kier molecular flexibility index (Phi) is 2.78. The van der Waals surface area contributed by atoms with Crippen LogP contribution in [0.1, 0.15) is 32.3 Å². The number of allylic oxidation sites excluding steroid dienone is 2. The molecule has 0 saturated carbocycles. The number of carbonyl (C=O) groups is 1. The lowest BCUT2D eigenvalue weighted by atomic mass is 9.77. The van der Waals surface area contributed by atoms with Crippen molar-refractivity contribution in [2.75, 3.05) is 0 Å². The zero-order valence-corrected chi connectivity index (χ0v) is 11.4. The lowest BCUT2D eigenvalue weighted by molar-refractivity contribution is -0.114. The third-order valence-corrected chi connectivity index (χ3v) is 3.91. The first-order valence-corrected chi connectivity index (χ1v) is 6.81. The molecule has 0 saturated heterocycles. The molecule has 0 bridgehead atoms. The van der Waals surface area contributed by atoms with Gasteiger partial charge in [-0.3, -0.25) is 4.79 Å². The first-order chi connectivity index (χ1) is 9.07. The summed E-state index contributed by atoms with van der Waals surface area (Å²) >= 11 is 0. The van der Waals surface area contributed by atoms with Gasteiger partial charge in [-0.25, -0.2) is 0 Å². The van der Waals surface area contributed by atoms with Crippen molar-refractivity contribution in [2.45, 2.75) is 26.7 Å². The van der Waals surface area contributed by atoms with Crippen molar-refractivity contribution in [1.29, 1.82) is 0 Å². The van der Waals surface area contributed by atoms with E-state index in [-0.39, 0.29) is 11.2 Å². The second-order valence-corrected chi connectivity index (χ2v) is 6.00. The van der Waals surface area contributed by atoms with E-state index in [1.165, 1.54) is 10.8 Å². The average molecular weight is 250 g/mol. The normalized spacial score (nSPS) is 18.4. The van der Waals surface area contributed by atoms with Gasteiger partial charge in [0.1, 0.15) is 0 Å². The molecule has 0 amide bonds. The zero-order chi connectivity index (χ0) is 13.5. The summed E-state index contributed by atoms with van der Waals surface area (Å²) < 4.78 is 0. The van der Waals surface area contributed by atoms with E-state index in [0.717, 1.165) is 17.6 Å². The van der Waals surface area contributed by atoms with E-state index in [1.54, 1.807) is 0 Å². The van der Waals surface area contributed by atoms with Gasteiger partial charge in [0.15, 0.2) is 5.78 Å². The number of hydrogen-bond donors (Lipinski definition) is 0. The SMILES string of the molecule is CC1(C)C=C(c2cccc3ccccc23)C(=O)CC1. The molecule has 0 spiro atoms. The van der Waals surface area contributed by atoms with Crippen LogP contribution < -0.4 is 0 Å². The van der Waals surface area contributed by atoms with Crippen LogP contribution in [-0.2, 0) is 4.79 Å². The van der Waals surface area contributed by atoms with E-state index >= 15 is 0 Å². The number of Topliss-reactive ketones (excluding diaryl/α,β-unsaturated/α-hetero) is 1. The Morgan fingerprint density at radius 3 is 2.58 bits per heavy atom. The van der Waals surface area contributed by atoms with Crippen LogP contribution in [0, 0.1) is 5.41 Å². The Labute approximate surface area is 113 Å². The zero-order valence-electron chi connectivity index (χ0n) is 11.4. The van der Waals surface area contributed by atoms with E-state index in [0.29, 0.717) is 6.42 Å². The molecule has 0 heterocycles. The average Bonchev–Trinajstić information content (AvgIpc) is 2.41. The molecular weight excluding hydrogens is 232 g/mol. The van der Waals surface area contributed by atoms with Gasteiger partial charge in [-0.2, -0.15) is 0 Å². The number of benzene rings is 2. The molecule has 2 aromatic carbocycles. The van der Waals surface area contributed by atoms with Crippen molar-refractivity contribution in [1.82, 2.24) is 0 Å². The van der Waals surface area contributed by atoms with E-state index in [4.69, 9.17) is 0 Å². The molecule has 0 N–H and O–H groups in total. The van der Waals surface area contributed by atoms with Crippen molar-refractivity contribution in [2.24, 2.45) is 5.41 Å². The third kappa shape index (κ3) is 2.21. The molecule has 1 nitrogen and oxygen atoms in total. The van der Waals surface area contributed by atoms with Crippen LogP contribution in [0.3, 0.4) is 0 Å². The maximum absolute atomic E-state index is 12.3. The van der Waals surface area contributed by atoms with E-state index in [1.807, 2.05) is 18.2 Å². The quantitative estimate of drug-likeness (QED) is 0.722. The summed E-state index contributed by atoms with van der Waals surface area (Å²) in [5, 5.41) is 2.36. The Morgan fingerprint density at radius 2 is 1.74 bits per heavy atom. The van der Waals surface area contributed by atoms with Gasteiger partial charge >= 0.3 is 0 Å². The highest BCUT2D eigenvalue weighted by molar-refractivity contribution is 6.24. The minimum absolute atomic E-state index is 0.111. The summed E-state index contributed by atoms with van der Waals surface area (Å²) in [4.78, 5) is 12.3. The predicted octanol–water partition coefficient (Wildman–Crippen LogP) is 4.61. The summed E-state index contributed by atoms with van der Waals surface area (Å²) in [7, 11) is 0. The van der Waals surface area contributed by atoms with Gasteiger partial charge in [0, 0.05) is 12.0 Å². The minimum atomic E-state index is 0.111. The van der Waals surface area contributed by atoms with Gasteiger partial charge in [0.2, 0.25) is 0 Å². The first kappa shape index (κ1) is 12.2. The molecule has 1 aliphatic carbocycles. The Bertz CT molecular complexity index is 672. The molecule has 0 aromatic heterocycles. The smallest absolute Gasteiger partial charge is 0.163 e. The van der Waals surface area contributed by atoms with Crippen LogP contribution in [0.2, 0.25) is 0 Å². The highest BCUT2D eigenvalue weighted by Gasteiger charge is 2.27. The standard InChI is InChI=1S/C18H18O/c1-18(2)11-10-17(19)16(12-18)15-9-5-7-13-6-3-4-8-14(13)15/h3-9,12H,10-11H2,1-2H3. The fourth-order valence-electron chi connectivity index (χ4n) is 2.80. The van der Waals surface area contributed by atoms with Crippen molar-refractivity contribution in [3.8, 4) is 0 Å². The number of hydrogen-bond acceptors (Lipinski definition) is 1. The molecule has 2 aromatic rings. The maximum atomic E-state index is 12.3. The number of ketones is 1. The van der Waals surface area contributed by atoms with E-state index < -0.39 is 0 Å². The topological polar surface area (TPSA) is 17.1 Å². The minimum Gasteiger partial charge on any atom is -0.294 e. The van der Waals surface area contributed by atoms with Crippen molar-refractivity contribution in [3.05, 3.63) is 54.1 Å². The van der Waals surface area contributed by atoms with Gasteiger partial charge in [-0.05, 0) is 28.2 Å². The highest BCUT2D eigenvalue weighted by atomic mass is 16.1. The molecule has 0 aliphatic heterocycles. The van der Waals surface area contributed by atoms with Crippen molar-refractivity contribution in [3.63, 3.8) is 0 Å². The fourth-order valence-corrected chi connectivity index (χ4v) is 2.80. The molecule has 0 fully saturated rings. The Balaban J connectivity index is 2.24. The lowest BCUT2D eigenvalue weighted by Gasteiger charge is -2.27. The second kappa shape index (κ2) is 4.34. The van der Waals surface area contributed by atoms with Crippen LogP contribution in [-0.4, -0.2) is 5.78 Å². The summed E-state index contributed by atoms with van der Waals surface area (Å²) in [5.74, 6) is 0.274. The number of fused-ring (bicyclic) bond motifs is 1. The molecule has 0 radical (unpaired) electrons. The van der Waals surface area contributed by atoms with Crippen LogP contribution in [0.4, 0.5) is 0 Å². The summed E-state index contributed by atoms with van der Waals surface area (Å²) in [6, 6.07) is 14.5. The lowest BCUT2D eigenvalue weighted by Crippen LogP contribution is -2.19.